The molecule has 0 aliphatic rings. The highest BCUT2D eigenvalue weighted by Crippen LogP contribution is 2.15. The molecule has 18 heavy (non-hydrogen) atoms. The molecule has 5 nitrogen and oxygen atoms in total. The van der Waals surface area contributed by atoms with E-state index < -0.39 is 0 Å². The molecule has 2 rings (SSSR count). The average molecular weight is 245 g/mol. The smallest absolute Gasteiger partial charge is 0.273 e. The Balaban J connectivity index is 2.05. The molecule has 0 saturated carbocycles. The number of hydrogen-bond acceptors (Lipinski definition) is 4. The van der Waals surface area contributed by atoms with Gasteiger partial charge < -0.3 is 15.6 Å². The van der Waals surface area contributed by atoms with Crippen molar-refractivity contribution >= 4 is 11.6 Å². The van der Waals surface area contributed by atoms with E-state index >= 15 is 0 Å². The Bertz CT molecular complexity index is 546. The zero-order chi connectivity index (χ0) is 13.1. The maximum absolute atomic E-state index is 11.9. The number of carbonyl (C=O) groups excluding carboxylic acids is 1. The van der Waals surface area contributed by atoms with Gasteiger partial charge in [0, 0.05) is 11.8 Å². The van der Waals surface area contributed by atoms with Gasteiger partial charge in [-0.1, -0.05) is 17.3 Å². The minimum atomic E-state index is -0.254. The van der Waals surface area contributed by atoms with Crippen molar-refractivity contribution in [3.63, 3.8) is 0 Å². The van der Waals surface area contributed by atoms with Gasteiger partial charge in [-0.05, 0) is 31.5 Å². The molecule has 2 aromatic rings. The molecule has 0 saturated heterocycles. The van der Waals surface area contributed by atoms with Gasteiger partial charge in [0.05, 0.1) is 6.04 Å². The summed E-state index contributed by atoms with van der Waals surface area (Å²) in [5.74, 6) is 0.358. The Morgan fingerprint density at radius 1 is 1.39 bits per heavy atom. The zero-order valence-corrected chi connectivity index (χ0v) is 10.3. The van der Waals surface area contributed by atoms with Crippen LogP contribution in [0.1, 0.15) is 34.8 Å². The second-order valence-electron chi connectivity index (χ2n) is 4.18. The molecule has 1 aromatic carbocycles. The molecule has 0 radical (unpaired) electrons. The molecule has 1 unspecified atom stereocenters. The predicted octanol–water partition coefficient (Wildman–Crippen LogP) is 2.06. The molecule has 0 aliphatic carbocycles. The lowest BCUT2D eigenvalue weighted by molar-refractivity contribution is 0.0930. The van der Waals surface area contributed by atoms with Crippen LogP contribution in [0.15, 0.2) is 34.9 Å². The second kappa shape index (κ2) is 4.91. The van der Waals surface area contributed by atoms with E-state index in [1.165, 1.54) is 0 Å². The molecule has 0 spiro atoms. The van der Waals surface area contributed by atoms with Crippen molar-refractivity contribution in [2.24, 2.45) is 0 Å². The highest BCUT2D eigenvalue weighted by Gasteiger charge is 2.14. The number of nitrogens with two attached hydrogens (primary N) is 1. The molecule has 3 N–H and O–H groups in total. The van der Waals surface area contributed by atoms with Crippen LogP contribution in [0.3, 0.4) is 0 Å². The first kappa shape index (κ1) is 12.2. The van der Waals surface area contributed by atoms with E-state index in [0.717, 1.165) is 5.56 Å². The maximum Gasteiger partial charge on any atom is 0.273 e. The van der Waals surface area contributed by atoms with E-state index in [4.69, 9.17) is 10.3 Å². The summed E-state index contributed by atoms with van der Waals surface area (Å²) in [5.41, 5.74) is 7.58. The Kier molecular flexibility index (Phi) is 3.32. The average Bonchev–Trinajstić information content (AvgIpc) is 2.76. The Morgan fingerprint density at radius 3 is 2.61 bits per heavy atom. The second-order valence-corrected chi connectivity index (χ2v) is 4.18. The third-order valence-corrected chi connectivity index (χ3v) is 2.64. The number of amides is 1. The number of nitrogens with one attached hydrogen (secondary N) is 1. The van der Waals surface area contributed by atoms with Crippen molar-refractivity contribution in [1.82, 2.24) is 10.5 Å². The fourth-order valence-electron chi connectivity index (χ4n) is 1.61. The van der Waals surface area contributed by atoms with Gasteiger partial charge in [-0.3, -0.25) is 4.79 Å². The summed E-state index contributed by atoms with van der Waals surface area (Å²) in [6, 6.07) is 8.86. The van der Waals surface area contributed by atoms with Gasteiger partial charge >= 0.3 is 0 Å². The van der Waals surface area contributed by atoms with E-state index in [0.29, 0.717) is 11.4 Å². The number of aryl methyl sites for hydroxylation is 1. The fourth-order valence-corrected chi connectivity index (χ4v) is 1.61. The monoisotopic (exact) mass is 245 g/mol. The minimum Gasteiger partial charge on any atom is -0.399 e. The number of aromatic nitrogens is 1. The number of carbonyl (C=O) groups is 1. The normalized spacial score (nSPS) is 12.1. The van der Waals surface area contributed by atoms with Crippen molar-refractivity contribution in [2.45, 2.75) is 19.9 Å². The number of nitrogens with zero attached hydrogens (tertiary/aromatic N) is 1. The first-order chi connectivity index (χ1) is 8.56. The van der Waals surface area contributed by atoms with Crippen LogP contribution in [0.2, 0.25) is 0 Å². The highest BCUT2D eigenvalue weighted by atomic mass is 16.5. The summed E-state index contributed by atoms with van der Waals surface area (Å²) in [7, 11) is 0. The van der Waals surface area contributed by atoms with Crippen molar-refractivity contribution in [1.29, 1.82) is 0 Å². The van der Waals surface area contributed by atoms with Crippen molar-refractivity contribution < 1.29 is 9.32 Å². The molecule has 1 heterocycles. The van der Waals surface area contributed by atoms with Gasteiger partial charge in [0.15, 0.2) is 5.69 Å². The SMILES string of the molecule is Cc1cc(C(=O)NC(C)c2ccc(N)cc2)no1. The zero-order valence-electron chi connectivity index (χ0n) is 10.3. The Morgan fingerprint density at radius 2 is 2.06 bits per heavy atom. The lowest BCUT2D eigenvalue weighted by atomic mass is 10.1. The molecule has 1 amide bonds. The van der Waals surface area contributed by atoms with Crippen LogP contribution in [0.5, 0.6) is 0 Å². The largest absolute Gasteiger partial charge is 0.399 e. The van der Waals surface area contributed by atoms with Gasteiger partial charge in [0.2, 0.25) is 0 Å². The van der Waals surface area contributed by atoms with E-state index in [9.17, 15) is 4.79 Å². The van der Waals surface area contributed by atoms with Gasteiger partial charge in [0.1, 0.15) is 5.76 Å². The van der Waals surface area contributed by atoms with Crippen LogP contribution in [-0.4, -0.2) is 11.1 Å². The molecule has 94 valence electrons. The van der Waals surface area contributed by atoms with E-state index in [-0.39, 0.29) is 17.6 Å². The minimum absolute atomic E-state index is 0.116. The summed E-state index contributed by atoms with van der Waals surface area (Å²) in [6.45, 7) is 3.64. The van der Waals surface area contributed by atoms with Gasteiger partial charge in [-0.15, -0.1) is 0 Å². The molecule has 1 atom stereocenters. The third kappa shape index (κ3) is 2.68. The van der Waals surface area contributed by atoms with Crippen molar-refractivity contribution in [2.75, 3.05) is 5.73 Å². The van der Waals surface area contributed by atoms with E-state index in [2.05, 4.69) is 10.5 Å². The lowest BCUT2D eigenvalue weighted by Gasteiger charge is -2.13. The lowest BCUT2D eigenvalue weighted by Crippen LogP contribution is -2.26. The van der Waals surface area contributed by atoms with Crippen LogP contribution >= 0.6 is 0 Å². The first-order valence-electron chi connectivity index (χ1n) is 5.66. The summed E-state index contributed by atoms with van der Waals surface area (Å²) >= 11 is 0. The molecular formula is C13H15N3O2. The number of nitrogen functional groups attached to an aromatic ring is 1. The van der Waals surface area contributed by atoms with Crippen LogP contribution in [0.4, 0.5) is 5.69 Å². The fraction of sp³-hybridized carbons (Fsp3) is 0.231. The van der Waals surface area contributed by atoms with E-state index in [1.807, 2.05) is 19.1 Å². The van der Waals surface area contributed by atoms with E-state index in [1.54, 1.807) is 25.1 Å². The number of hydrogen-bond donors (Lipinski definition) is 2. The summed E-state index contributed by atoms with van der Waals surface area (Å²) in [5, 5.41) is 6.51. The summed E-state index contributed by atoms with van der Waals surface area (Å²) < 4.78 is 4.86. The third-order valence-electron chi connectivity index (χ3n) is 2.64. The summed E-state index contributed by atoms with van der Waals surface area (Å²) in [6.07, 6.45) is 0. The van der Waals surface area contributed by atoms with Crippen LogP contribution in [0, 0.1) is 6.92 Å². The standard InChI is InChI=1S/C13H15N3O2/c1-8-7-12(16-18-8)13(17)15-9(2)10-3-5-11(14)6-4-10/h3-7,9H,14H2,1-2H3,(H,15,17). The van der Waals surface area contributed by atoms with Crippen LogP contribution < -0.4 is 11.1 Å². The summed E-state index contributed by atoms with van der Waals surface area (Å²) in [4.78, 5) is 11.9. The molecule has 0 fully saturated rings. The van der Waals surface area contributed by atoms with Crippen LogP contribution in [-0.2, 0) is 0 Å². The number of anilines is 1. The van der Waals surface area contributed by atoms with Crippen molar-refractivity contribution in [3.8, 4) is 0 Å². The topological polar surface area (TPSA) is 81.2 Å². The first-order valence-corrected chi connectivity index (χ1v) is 5.66. The van der Waals surface area contributed by atoms with Crippen LogP contribution in [0.25, 0.3) is 0 Å². The Labute approximate surface area is 105 Å². The number of rotatable bonds is 3. The molecular weight excluding hydrogens is 230 g/mol. The molecule has 0 aliphatic heterocycles. The molecule has 1 aromatic heterocycles. The van der Waals surface area contributed by atoms with Gasteiger partial charge in [-0.25, -0.2) is 0 Å². The highest BCUT2D eigenvalue weighted by molar-refractivity contribution is 5.92. The predicted molar refractivity (Wildman–Crippen MR) is 68.0 cm³/mol. The van der Waals surface area contributed by atoms with Gasteiger partial charge in [0.25, 0.3) is 5.91 Å². The maximum atomic E-state index is 11.9. The molecule has 5 heteroatoms. The van der Waals surface area contributed by atoms with Gasteiger partial charge in [-0.2, -0.15) is 0 Å². The van der Waals surface area contributed by atoms with Crippen molar-refractivity contribution in [3.05, 3.63) is 47.3 Å². The Hall–Kier alpha value is -2.30. The number of benzene rings is 1. The quantitative estimate of drug-likeness (QED) is 0.811. The molecule has 0 bridgehead atoms.